The van der Waals surface area contributed by atoms with Crippen LogP contribution < -0.4 is 10.2 Å². The first-order chi connectivity index (χ1) is 13.7. The van der Waals surface area contributed by atoms with Crippen molar-refractivity contribution in [2.45, 2.75) is 32.1 Å². The number of hydrogen-bond donors (Lipinski definition) is 1. The van der Waals surface area contributed by atoms with Gasteiger partial charge in [-0.15, -0.1) is 11.3 Å². The third-order valence-corrected chi connectivity index (χ3v) is 6.11. The number of piperazine rings is 1. The molecule has 2 amide bonds. The SMILES string of the molecule is O=C(Nc1nc(CC(=O)N2CCN(c3ncccn3)CC2)cs1)C1CCCC1. The number of thiazole rings is 1. The number of hydrogen-bond acceptors (Lipinski definition) is 7. The van der Waals surface area contributed by atoms with E-state index in [1.165, 1.54) is 11.3 Å². The fraction of sp³-hybridized carbons (Fsp3) is 0.526. The summed E-state index contributed by atoms with van der Waals surface area (Å²) in [7, 11) is 0. The highest BCUT2D eigenvalue weighted by molar-refractivity contribution is 7.13. The van der Waals surface area contributed by atoms with Gasteiger partial charge in [0.1, 0.15) is 0 Å². The Labute approximate surface area is 168 Å². The Morgan fingerprint density at radius 1 is 1.11 bits per heavy atom. The molecule has 1 saturated carbocycles. The van der Waals surface area contributed by atoms with Crippen LogP contribution in [0.15, 0.2) is 23.8 Å². The zero-order valence-electron chi connectivity index (χ0n) is 15.7. The van der Waals surface area contributed by atoms with Crippen LogP contribution in [-0.4, -0.2) is 57.8 Å². The number of aromatic nitrogens is 3. The first kappa shape index (κ1) is 18.8. The van der Waals surface area contributed by atoms with Gasteiger partial charge in [-0.2, -0.15) is 0 Å². The van der Waals surface area contributed by atoms with E-state index in [1.807, 2.05) is 10.3 Å². The maximum atomic E-state index is 12.6. The molecule has 2 aliphatic rings. The molecular weight excluding hydrogens is 376 g/mol. The van der Waals surface area contributed by atoms with E-state index in [-0.39, 0.29) is 24.2 Å². The smallest absolute Gasteiger partial charge is 0.229 e. The molecule has 0 aromatic carbocycles. The number of anilines is 2. The summed E-state index contributed by atoms with van der Waals surface area (Å²) in [4.78, 5) is 41.7. The zero-order valence-corrected chi connectivity index (χ0v) is 16.5. The molecule has 1 aliphatic heterocycles. The number of rotatable bonds is 5. The number of nitrogens with zero attached hydrogens (tertiary/aromatic N) is 5. The maximum absolute atomic E-state index is 12.6. The van der Waals surface area contributed by atoms with E-state index in [9.17, 15) is 9.59 Å². The molecule has 8 nitrogen and oxygen atoms in total. The first-order valence-corrected chi connectivity index (χ1v) is 10.6. The van der Waals surface area contributed by atoms with Crippen molar-refractivity contribution in [3.8, 4) is 0 Å². The van der Waals surface area contributed by atoms with Gasteiger partial charge < -0.3 is 15.1 Å². The van der Waals surface area contributed by atoms with Crippen molar-refractivity contribution in [1.29, 1.82) is 0 Å². The van der Waals surface area contributed by atoms with Gasteiger partial charge in [0.15, 0.2) is 5.13 Å². The van der Waals surface area contributed by atoms with E-state index in [4.69, 9.17) is 0 Å². The van der Waals surface area contributed by atoms with Crippen molar-refractivity contribution in [3.05, 3.63) is 29.5 Å². The molecule has 0 atom stereocenters. The second kappa shape index (κ2) is 8.64. The highest BCUT2D eigenvalue weighted by Gasteiger charge is 2.25. The van der Waals surface area contributed by atoms with Crippen LogP contribution in [-0.2, 0) is 16.0 Å². The Bertz CT molecular complexity index is 813. The summed E-state index contributed by atoms with van der Waals surface area (Å²) in [5, 5.41) is 5.35. The molecule has 3 heterocycles. The van der Waals surface area contributed by atoms with Crippen LogP contribution in [0.1, 0.15) is 31.4 Å². The molecule has 1 aliphatic carbocycles. The van der Waals surface area contributed by atoms with Gasteiger partial charge in [-0.05, 0) is 18.9 Å². The highest BCUT2D eigenvalue weighted by atomic mass is 32.1. The normalized spacial score (nSPS) is 17.7. The fourth-order valence-electron chi connectivity index (χ4n) is 3.72. The van der Waals surface area contributed by atoms with Gasteiger partial charge in [0.05, 0.1) is 12.1 Å². The number of amides is 2. The summed E-state index contributed by atoms with van der Waals surface area (Å²) in [5.74, 6) is 0.937. The Morgan fingerprint density at radius 2 is 1.82 bits per heavy atom. The summed E-state index contributed by atoms with van der Waals surface area (Å²) in [6.45, 7) is 2.73. The molecule has 2 aromatic heterocycles. The Hall–Kier alpha value is -2.55. The molecule has 0 spiro atoms. The van der Waals surface area contributed by atoms with Gasteiger partial charge >= 0.3 is 0 Å². The summed E-state index contributed by atoms with van der Waals surface area (Å²) in [6.07, 6.45) is 7.89. The van der Waals surface area contributed by atoms with E-state index in [0.717, 1.165) is 38.8 Å². The molecule has 9 heteroatoms. The van der Waals surface area contributed by atoms with Crippen molar-refractivity contribution in [3.63, 3.8) is 0 Å². The lowest BCUT2D eigenvalue weighted by molar-refractivity contribution is -0.130. The van der Waals surface area contributed by atoms with Crippen LogP contribution in [0.3, 0.4) is 0 Å². The summed E-state index contributed by atoms with van der Waals surface area (Å²) in [6, 6.07) is 1.79. The summed E-state index contributed by atoms with van der Waals surface area (Å²) in [5.41, 5.74) is 0.713. The third-order valence-electron chi connectivity index (χ3n) is 5.31. The van der Waals surface area contributed by atoms with Crippen LogP contribution >= 0.6 is 11.3 Å². The van der Waals surface area contributed by atoms with Gasteiger partial charge in [0, 0.05) is 49.9 Å². The molecule has 0 bridgehead atoms. The predicted molar refractivity (Wildman–Crippen MR) is 107 cm³/mol. The molecule has 1 N–H and O–H groups in total. The molecule has 0 unspecified atom stereocenters. The second-order valence-electron chi connectivity index (χ2n) is 7.21. The summed E-state index contributed by atoms with van der Waals surface area (Å²) >= 11 is 1.38. The Kier molecular flexibility index (Phi) is 5.80. The topological polar surface area (TPSA) is 91.3 Å². The van der Waals surface area contributed by atoms with Gasteiger partial charge in [-0.1, -0.05) is 12.8 Å². The molecule has 1 saturated heterocycles. The van der Waals surface area contributed by atoms with E-state index in [2.05, 4.69) is 25.2 Å². The van der Waals surface area contributed by atoms with Crippen LogP contribution in [0.2, 0.25) is 0 Å². The van der Waals surface area contributed by atoms with Crippen molar-refractivity contribution < 1.29 is 9.59 Å². The first-order valence-electron chi connectivity index (χ1n) is 9.74. The van der Waals surface area contributed by atoms with E-state index >= 15 is 0 Å². The molecule has 2 fully saturated rings. The van der Waals surface area contributed by atoms with E-state index < -0.39 is 0 Å². The standard InChI is InChI=1S/C19H24N6O2S/c26-16(24-8-10-25(11-9-24)18-20-6-3-7-21-18)12-15-13-28-19(22-15)23-17(27)14-4-1-2-5-14/h3,6-7,13-14H,1-2,4-5,8-12H2,(H,22,23,27). The minimum absolute atomic E-state index is 0.0592. The molecule has 0 radical (unpaired) electrons. The minimum atomic E-state index is 0.0592. The summed E-state index contributed by atoms with van der Waals surface area (Å²) < 4.78 is 0. The van der Waals surface area contributed by atoms with Crippen molar-refractivity contribution in [1.82, 2.24) is 19.9 Å². The lowest BCUT2D eigenvalue weighted by Crippen LogP contribution is -2.49. The van der Waals surface area contributed by atoms with Crippen molar-refractivity contribution >= 4 is 34.2 Å². The minimum Gasteiger partial charge on any atom is -0.339 e. The number of nitrogens with one attached hydrogen (secondary N) is 1. The maximum Gasteiger partial charge on any atom is 0.229 e. The average molecular weight is 401 g/mol. The molecule has 28 heavy (non-hydrogen) atoms. The molecular formula is C19H24N6O2S. The predicted octanol–water partition coefficient (Wildman–Crippen LogP) is 1.95. The van der Waals surface area contributed by atoms with Crippen molar-refractivity contribution in [2.75, 3.05) is 36.4 Å². The lowest BCUT2D eigenvalue weighted by Gasteiger charge is -2.34. The zero-order chi connectivity index (χ0) is 19.3. The van der Waals surface area contributed by atoms with Gasteiger partial charge in [-0.3, -0.25) is 9.59 Å². The van der Waals surface area contributed by atoms with Crippen LogP contribution in [0.4, 0.5) is 11.1 Å². The number of carbonyl (C=O) groups is 2. The van der Waals surface area contributed by atoms with Gasteiger partial charge in [0.2, 0.25) is 17.8 Å². The highest BCUT2D eigenvalue weighted by Crippen LogP contribution is 2.26. The Balaban J connectivity index is 1.26. The molecule has 2 aromatic rings. The third kappa shape index (κ3) is 4.46. The van der Waals surface area contributed by atoms with Gasteiger partial charge in [-0.25, -0.2) is 15.0 Å². The fourth-order valence-corrected chi connectivity index (χ4v) is 4.43. The van der Waals surface area contributed by atoms with Crippen molar-refractivity contribution in [2.24, 2.45) is 5.92 Å². The molecule has 148 valence electrons. The van der Waals surface area contributed by atoms with E-state index in [0.29, 0.717) is 29.9 Å². The number of carbonyl (C=O) groups excluding carboxylic acids is 2. The quantitative estimate of drug-likeness (QED) is 0.825. The monoisotopic (exact) mass is 400 g/mol. The Morgan fingerprint density at radius 3 is 2.54 bits per heavy atom. The lowest BCUT2D eigenvalue weighted by atomic mass is 10.1. The van der Waals surface area contributed by atoms with E-state index in [1.54, 1.807) is 18.5 Å². The van der Waals surface area contributed by atoms with Crippen LogP contribution in [0.5, 0.6) is 0 Å². The van der Waals surface area contributed by atoms with Crippen LogP contribution in [0, 0.1) is 5.92 Å². The molecule has 4 rings (SSSR count). The van der Waals surface area contributed by atoms with Gasteiger partial charge in [0.25, 0.3) is 0 Å². The average Bonchev–Trinajstić information content (AvgIpc) is 3.41. The van der Waals surface area contributed by atoms with Crippen LogP contribution in [0.25, 0.3) is 0 Å². The second-order valence-corrected chi connectivity index (χ2v) is 8.07. The largest absolute Gasteiger partial charge is 0.339 e.